The first-order valence-electron chi connectivity index (χ1n) is 4.38. The van der Waals surface area contributed by atoms with Gasteiger partial charge >= 0.3 is 0 Å². The number of carbonyl (C=O) groups is 1. The number of aliphatic imine (C=N–C) groups is 1. The van der Waals surface area contributed by atoms with Crippen molar-refractivity contribution in [3.63, 3.8) is 0 Å². The van der Waals surface area contributed by atoms with Crippen LogP contribution in [0.3, 0.4) is 0 Å². The molecule has 0 radical (unpaired) electrons. The van der Waals surface area contributed by atoms with E-state index in [4.69, 9.17) is 5.26 Å². The minimum Gasteiger partial charge on any atom is -0.494 e. The summed E-state index contributed by atoms with van der Waals surface area (Å²) in [6, 6.07) is 1.72. The molecule has 16 heavy (non-hydrogen) atoms. The maximum atomic E-state index is 11.2. The predicted molar refractivity (Wildman–Crippen MR) is 56.5 cm³/mol. The van der Waals surface area contributed by atoms with Crippen LogP contribution in [0.15, 0.2) is 9.79 Å². The number of hydrogen-bond acceptors (Lipinski definition) is 4. The number of rotatable bonds is 1. The van der Waals surface area contributed by atoms with Crippen molar-refractivity contribution in [2.45, 2.75) is 13.8 Å². The summed E-state index contributed by atoms with van der Waals surface area (Å²) in [5, 5.41) is 18.2. The number of aromatic amines is 1. The molecule has 0 spiro atoms. The van der Waals surface area contributed by atoms with Gasteiger partial charge in [-0.25, -0.2) is 4.99 Å². The molecule has 0 saturated carbocycles. The summed E-state index contributed by atoms with van der Waals surface area (Å²) in [5.41, 5.74) is -0.333. The minimum absolute atomic E-state index is 0.109. The van der Waals surface area contributed by atoms with Crippen molar-refractivity contribution in [2.24, 2.45) is 4.99 Å². The Hall–Kier alpha value is -2.42. The van der Waals surface area contributed by atoms with E-state index in [-0.39, 0.29) is 16.7 Å². The summed E-state index contributed by atoms with van der Waals surface area (Å²) in [6.45, 7) is 2.74. The molecule has 0 aliphatic rings. The van der Waals surface area contributed by atoms with Gasteiger partial charge in [-0.2, -0.15) is 5.26 Å². The summed E-state index contributed by atoms with van der Waals surface area (Å²) < 4.78 is 0. The standard InChI is InChI=1S/C10H9N3O3/c1-5-7(3-11)9(15)13-10(16)8(5)4-12-6(2)14/h4H,1-2H3,(H2,13,15,16). The fraction of sp³-hybridized carbons (Fsp3) is 0.200. The van der Waals surface area contributed by atoms with E-state index in [9.17, 15) is 14.7 Å². The Morgan fingerprint density at radius 2 is 2.25 bits per heavy atom. The van der Waals surface area contributed by atoms with Gasteiger partial charge in [0.05, 0.1) is 5.56 Å². The molecule has 0 unspecified atom stereocenters. The lowest BCUT2D eigenvalue weighted by Crippen LogP contribution is -2.14. The maximum absolute atomic E-state index is 11.2. The Kier molecular flexibility index (Phi) is 3.20. The monoisotopic (exact) mass is 219 g/mol. The Bertz CT molecular complexity index is 564. The second-order valence-electron chi connectivity index (χ2n) is 3.11. The van der Waals surface area contributed by atoms with Gasteiger partial charge in [0, 0.05) is 13.1 Å². The van der Waals surface area contributed by atoms with Crippen molar-refractivity contribution >= 4 is 12.1 Å². The zero-order valence-corrected chi connectivity index (χ0v) is 8.74. The van der Waals surface area contributed by atoms with Crippen LogP contribution in [-0.4, -0.2) is 22.2 Å². The first-order valence-corrected chi connectivity index (χ1v) is 4.38. The molecular weight excluding hydrogens is 210 g/mol. The van der Waals surface area contributed by atoms with Gasteiger partial charge < -0.3 is 5.11 Å². The van der Waals surface area contributed by atoms with E-state index in [1.807, 2.05) is 0 Å². The topological polar surface area (TPSA) is 106 Å². The molecule has 2 N–H and O–H groups in total. The number of aromatic hydroxyl groups is 1. The summed E-state index contributed by atoms with van der Waals surface area (Å²) in [6.07, 6.45) is 1.11. The van der Waals surface area contributed by atoms with Crippen molar-refractivity contribution in [3.8, 4) is 11.9 Å². The first kappa shape index (κ1) is 11.7. The van der Waals surface area contributed by atoms with Gasteiger partial charge in [-0.3, -0.25) is 14.6 Å². The molecule has 0 saturated heterocycles. The largest absolute Gasteiger partial charge is 0.494 e. The summed E-state index contributed by atoms with van der Waals surface area (Å²) >= 11 is 0. The van der Waals surface area contributed by atoms with Gasteiger partial charge in [0.2, 0.25) is 11.8 Å². The molecule has 0 aliphatic carbocycles. The van der Waals surface area contributed by atoms with E-state index in [1.165, 1.54) is 13.8 Å². The summed E-state index contributed by atoms with van der Waals surface area (Å²) in [4.78, 5) is 27.4. The number of amides is 1. The van der Waals surface area contributed by atoms with Crippen LogP contribution < -0.4 is 5.56 Å². The van der Waals surface area contributed by atoms with Crippen molar-refractivity contribution in [1.29, 1.82) is 5.26 Å². The van der Waals surface area contributed by atoms with Gasteiger partial charge in [-0.1, -0.05) is 0 Å². The van der Waals surface area contributed by atoms with Crippen molar-refractivity contribution in [1.82, 2.24) is 4.98 Å². The molecule has 0 atom stereocenters. The lowest BCUT2D eigenvalue weighted by Gasteiger charge is -2.03. The lowest BCUT2D eigenvalue weighted by molar-refractivity contribution is -0.115. The molecule has 6 heteroatoms. The summed E-state index contributed by atoms with van der Waals surface area (Å²) in [5.74, 6) is -0.852. The third-order valence-corrected chi connectivity index (χ3v) is 1.98. The van der Waals surface area contributed by atoms with Gasteiger partial charge in [-0.05, 0) is 12.5 Å². The number of hydrogen-bond donors (Lipinski definition) is 2. The number of H-pyrrole nitrogens is 1. The maximum Gasteiger partial charge on any atom is 0.268 e. The highest BCUT2D eigenvalue weighted by atomic mass is 16.3. The molecule has 0 fully saturated rings. The van der Waals surface area contributed by atoms with Gasteiger partial charge in [0.25, 0.3) is 5.56 Å². The molecule has 1 heterocycles. The van der Waals surface area contributed by atoms with E-state index in [0.717, 1.165) is 6.21 Å². The zero-order valence-electron chi connectivity index (χ0n) is 8.74. The number of carbonyl (C=O) groups excluding carboxylic acids is 1. The van der Waals surface area contributed by atoms with Crippen LogP contribution >= 0.6 is 0 Å². The molecule has 0 bridgehead atoms. The van der Waals surface area contributed by atoms with Crippen molar-refractivity contribution < 1.29 is 9.90 Å². The van der Waals surface area contributed by atoms with E-state index in [0.29, 0.717) is 0 Å². The molecule has 0 aromatic carbocycles. The molecule has 6 nitrogen and oxygen atoms in total. The Morgan fingerprint density at radius 3 is 2.75 bits per heavy atom. The highest BCUT2D eigenvalue weighted by molar-refractivity contribution is 5.93. The first-order chi connectivity index (χ1) is 7.47. The predicted octanol–water partition coefficient (Wildman–Crippen LogP) is 0.226. The van der Waals surface area contributed by atoms with E-state index in [2.05, 4.69) is 9.98 Å². The van der Waals surface area contributed by atoms with Crippen LogP contribution in [0.5, 0.6) is 5.88 Å². The van der Waals surface area contributed by atoms with Crippen molar-refractivity contribution in [3.05, 3.63) is 27.0 Å². The average Bonchev–Trinajstić information content (AvgIpc) is 2.16. The fourth-order valence-electron chi connectivity index (χ4n) is 1.17. The SMILES string of the molecule is CC(=O)N=Cc1c(O)[nH]c(=O)c(C#N)c1C. The Balaban J connectivity index is 3.47. The molecular formula is C10H9N3O3. The molecule has 82 valence electrons. The van der Waals surface area contributed by atoms with Gasteiger partial charge in [0.1, 0.15) is 11.6 Å². The number of nitrogens with one attached hydrogen (secondary N) is 1. The van der Waals surface area contributed by atoms with Crippen LogP contribution in [0.2, 0.25) is 0 Å². The normalized spacial score (nSPS) is 10.3. The fourth-order valence-corrected chi connectivity index (χ4v) is 1.17. The van der Waals surface area contributed by atoms with E-state index < -0.39 is 17.3 Å². The Labute approximate surface area is 90.9 Å². The lowest BCUT2D eigenvalue weighted by atomic mass is 10.1. The molecule has 0 aliphatic heterocycles. The minimum atomic E-state index is -0.669. The van der Waals surface area contributed by atoms with Crippen LogP contribution in [0.1, 0.15) is 23.6 Å². The summed E-state index contributed by atoms with van der Waals surface area (Å²) in [7, 11) is 0. The highest BCUT2D eigenvalue weighted by Crippen LogP contribution is 2.15. The second kappa shape index (κ2) is 4.40. The molecule has 1 rings (SSSR count). The highest BCUT2D eigenvalue weighted by Gasteiger charge is 2.12. The third kappa shape index (κ3) is 2.15. The van der Waals surface area contributed by atoms with Gasteiger partial charge in [-0.15, -0.1) is 0 Å². The number of aromatic nitrogens is 1. The van der Waals surface area contributed by atoms with Crippen LogP contribution in [0.4, 0.5) is 0 Å². The quantitative estimate of drug-likeness (QED) is 0.659. The van der Waals surface area contributed by atoms with Crippen LogP contribution in [-0.2, 0) is 4.79 Å². The van der Waals surface area contributed by atoms with Crippen LogP contribution in [0.25, 0.3) is 0 Å². The van der Waals surface area contributed by atoms with Crippen molar-refractivity contribution in [2.75, 3.05) is 0 Å². The smallest absolute Gasteiger partial charge is 0.268 e. The number of nitrogens with zero attached hydrogens (tertiary/aromatic N) is 2. The molecule has 1 aromatic rings. The Morgan fingerprint density at radius 1 is 1.62 bits per heavy atom. The number of pyridine rings is 1. The van der Waals surface area contributed by atoms with E-state index >= 15 is 0 Å². The average molecular weight is 219 g/mol. The second-order valence-corrected chi connectivity index (χ2v) is 3.11. The zero-order chi connectivity index (χ0) is 12.3. The number of nitriles is 1. The van der Waals surface area contributed by atoms with E-state index in [1.54, 1.807) is 6.07 Å². The van der Waals surface area contributed by atoms with Gasteiger partial charge in [0.15, 0.2) is 0 Å². The van der Waals surface area contributed by atoms with Crippen LogP contribution in [0, 0.1) is 18.3 Å². The third-order valence-electron chi connectivity index (χ3n) is 1.98. The molecule has 1 aromatic heterocycles. The molecule has 1 amide bonds.